The van der Waals surface area contributed by atoms with E-state index in [-0.39, 0.29) is 10.8 Å². The van der Waals surface area contributed by atoms with Gasteiger partial charge in [-0.2, -0.15) is 0 Å². The van der Waals surface area contributed by atoms with E-state index in [0.717, 1.165) is 19.3 Å². The van der Waals surface area contributed by atoms with Crippen molar-refractivity contribution in [1.82, 2.24) is 0 Å². The van der Waals surface area contributed by atoms with Crippen LogP contribution < -0.4 is 9.47 Å². The van der Waals surface area contributed by atoms with Gasteiger partial charge in [0.2, 0.25) is 0 Å². The zero-order valence-electron chi connectivity index (χ0n) is 15.4. The first kappa shape index (κ1) is 21.3. The monoisotopic (exact) mass is 370 g/mol. The van der Waals surface area contributed by atoms with Crippen molar-refractivity contribution in [1.29, 1.82) is 0 Å². The first-order chi connectivity index (χ1) is 11.9. The summed E-state index contributed by atoms with van der Waals surface area (Å²) in [7, 11) is 1.52. The molecule has 0 saturated heterocycles. The average molecular weight is 371 g/mol. The molecule has 0 spiro atoms. The lowest BCUT2D eigenvalue weighted by molar-refractivity contribution is -0.168. The number of hydrogen-bond acceptors (Lipinski definition) is 5. The molecule has 0 saturated carbocycles. The number of carbonyl (C=O) groups excluding carboxylic acids is 2. The molecule has 25 heavy (non-hydrogen) atoms. The van der Waals surface area contributed by atoms with Crippen LogP contribution in [0.1, 0.15) is 52.9 Å². The van der Waals surface area contributed by atoms with Crippen molar-refractivity contribution < 1.29 is 23.8 Å². The van der Waals surface area contributed by atoms with E-state index >= 15 is 0 Å². The molecule has 0 atom stereocenters. The summed E-state index contributed by atoms with van der Waals surface area (Å²) in [5.74, 6) is -0.441. The highest BCUT2D eigenvalue weighted by atomic mass is 35.5. The Hall–Kier alpha value is -1.75. The molecule has 140 valence electrons. The Balaban J connectivity index is 2.89. The number of hydrogen-bond donors (Lipinski definition) is 0. The predicted molar refractivity (Wildman–Crippen MR) is 97.1 cm³/mol. The highest BCUT2D eigenvalue weighted by Gasteiger charge is 2.46. The molecule has 0 aromatic heterocycles. The SMILES string of the molecule is CCCCCOC(=O)C(CC)(CC)C(=O)Oc1ccc(OC)cc1Cl. The summed E-state index contributed by atoms with van der Waals surface area (Å²) < 4.78 is 15.8. The molecular weight excluding hydrogens is 344 g/mol. The molecule has 0 fully saturated rings. The van der Waals surface area contributed by atoms with Crippen molar-refractivity contribution in [3.05, 3.63) is 23.2 Å². The van der Waals surface area contributed by atoms with Crippen molar-refractivity contribution in [2.75, 3.05) is 13.7 Å². The highest BCUT2D eigenvalue weighted by Crippen LogP contribution is 2.34. The maximum Gasteiger partial charge on any atom is 0.328 e. The Morgan fingerprint density at radius 2 is 1.76 bits per heavy atom. The van der Waals surface area contributed by atoms with Crippen molar-refractivity contribution >= 4 is 23.5 Å². The van der Waals surface area contributed by atoms with Crippen LogP contribution >= 0.6 is 11.6 Å². The molecule has 6 heteroatoms. The maximum absolute atomic E-state index is 12.7. The van der Waals surface area contributed by atoms with E-state index in [0.29, 0.717) is 25.2 Å². The Labute approximate surface area is 154 Å². The molecule has 1 aromatic rings. The second kappa shape index (κ2) is 10.3. The van der Waals surface area contributed by atoms with E-state index in [4.69, 9.17) is 25.8 Å². The second-order valence-electron chi connectivity index (χ2n) is 5.82. The minimum absolute atomic E-state index is 0.192. The summed E-state index contributed by atoms with van der Waals surface area (Å²) in [6.07, 6.45) is 3.38. The minimum Gasteiger partial charge on any atom is -0.497 e. The van der Waals surface area contributed by atoms with Gasteiger partial charge in [-0.25, -0.2) is 0 Å². The summed E-state index contributed by atoms with van der Waals surface area (Å²) in [4.78, 5) is 25.3. The van der Waals surface area contributed by atoms with E-state index in [1.807, 2.05) is 0 Å². The molecule has 1 aromatic carbocycles. The highest BCUT2D eigenvalue weighted by molar-refractivity contribution is 6.32. The van der Waals surface area contributed by atoms with Gasteiger partial charge >= 0.3 is 11.9 Å². The number of rotatable bonds is 10. The number of halogens is 1. The number of unbranched alkanes of at least 4 members (excludes halogenated alkanes) is 2. The lowest BCUT2D eigenvalue weighted by Gasteiger charge is -2.27. The molecule has 0 radical (unpaired) electrons. The Bertz CT molecular complexity index is 581. The summed E-state index contributed by atoms with van der Waals surface area (Å²) in [5, 5.41) is 0.241. The minimum atomic E-state index is -1.32. The number of esters is 2. The zero-order chi connectivity index (χ0) is 18.9. The van der Waals surface area contributed by atoms with Gasteiger partial charge in [0.05, 0.1) is 18.7 Å². The maximum atomic E-state index is 12.7. The van der Waals surface area contributed by atoms with Crippen LogP contribution in [0.4, 0.5) is 0 Å². The van der Waals surface area contributed by atoms with Crippen LogP contribution in [0, 0.1) is 5.41 Å². The van der Waals surface area contributed by atoms with Crippen LogP contribution in [-0.2, 0) is 14.3 Å². The number of methoxy groups -OCH3 is 1. The smallest absolute Gasteiger partial charge is 0.328 e. The summed E-state index contributed by atoms with van der Waals surface area (Å²) >= 11 is 6.11. The van der Waals surface area contributed by atoms with Crippen LogP contribution in [0.3, 0.4) is 0 Å². The van der Waals surface area contributed by atoms with E-state index in [1.165, 1.54) is 7.11 Å². The van der Waals surface area contributed by atoms with Gasteiger partial charge in [0.15, 0.2) is 5.41 Å². The van der Waals surface area contributed by atoms with Gasteiger partial charge in [-0.3, -0.25) is 9.59 Å². The van der Waals surface area contributed by atoms with Gasteiger partial charge in [-0.05, 0) is 31.4 Å². The van der Waals surface area contributed by atoms with Gasteiger partial charge < -0.3 is 14.2 Å². The van der Waals surface area contributed by atoms with E-state index in [1.54, 1.807) is 32.0 Å². The zero-order valence-corrected chi connectivity index (χ0v) is 16.1. The molecule has 0 aliphatic heterocycles. The fourth-order valence-electron chi connectivity index (χ4n) is 2.45. The number of carbonyl (C=O) groups is 2. The van der Waals surface area contributed by atoms with Crippen LogP contribution in [0.2, 0.25) is 5.02 Å². The molecule has 0 aliphatic carbocycles. The number of benzene rings is 1. The summed E-state index contributed by atoms with van der Waals surface area (Å²) in [6.45, 7) is 5.92. The van der Waals surface area contributed by atoms with Gasteiger partial charge in [-0.15, -0.1) is 0 Å². The normalized spacial score (nSPS) is 11.1. The number of ether oxygens (including phenoxy) is 3. The largest absolute Gasteiger partial charge is 0.497 e. The van der Waals surface area contributed by atoms with Crippen LogP contribution in [0.5, 0.6) is 11.5 Å². The average Bonchev–Trinajstić information content (AvgIpc) is 2.62. The Morgan fingerprint density at radius 1 is 1.08 bits per heavy atom. The standard InChI is InChI=1S/C19H27ClO5/c1-5-8-9-12-24-17(21)19(6-2,7-3)18(22)25-16-11-10-14(23-4)13-15(16)20/h10-11,13H,5-9,12H2,1-4H3. The van der Waals surface area contributed by atoms with Crippen molar-refractivity contribution in [3.63, 3.8) is 0 Å². The molecule has 0 aliphatic rings. The predicted octanol–water partition coefficient (Wildman–Crippen LogP) is 4.79. The van der Waals surface area contributed by atoms with Crippen LogP contribution in [-0.4, -0.2) is 25.7 Å². The lowest BCUT2D eigenvalue weighted by atomic mass is 9.82. The van der Waals surface area contributed by atoms with Crippen LogP contribution in [0.15, 0.2) is 18.2 Å². The lowest BCUT2D eigenvalue weighted by Crippen LogP contribution is -2.42. The molecule has 0 heterocycles. The molecule has 0 N–H and O–H groups in total. The Kier molecular flexibility index (Phi) is 8.76. The Morgan fingerprint density at radius 3 is 2.28 bits per heavy atom. The fraction of sp³-hybridized carbons (Fsp3) is 0.579. The summed E-state index contributed by atoms with van der Waals surface area (Å²) in [6, 6.07) is 4.73. The fourth-order valence-corrected chi connectivity index (χ4v) is 2.66. The van der Waals surface area contributed by atoms with E-state index < -0.39 is 17.4 Å². The quantitative estimate of drug-likeness (QED) is 0.256. The first-order valence-corrected chi connectivity index (χ1v) is 9.06. The topological polar surface area (TPSA) is 61.8 Å². The van der Waals surface area contributed by atoms with Gasteiger partial charge in [0.1, 0.15) is 11.5 Å². The van der Waals surface area contributed by atoms with Crippen molar-refractivity contribution in [2.24, 2.45) is 5.41 Å². The molecule has 0 bridgehead atoms. The van der Waals surface area contributed by atoms with Crippen LogP contribution in [0.25, 0.3) is 0 Å². The molecule has 5 nitrogen and oxygen atoms in total. The summed E-state index contributed by atoms with van der Waals surface area (Å²) in [5.41, 5.74) is -1.32. The van der Waals surface area contributed by atoms with Gasteiger partial charge in [-0.1, -0.05) is 45.2 Å². The van der Waals surface area contributed by atoms with Crippen molar-refractivity contribution in [3.8, 4) is 11.5 Å². The first-order valence-electron chi connectivity index (χ1n) is 8.68. The second-order valence-corrected chi connectivity index (χ2v) is 6.23. The third-order valence-electron chi connectivity index (χ3n) is 4.31. The molecule has 0 unspecified atom stereocenters. The van der Waals surface area contributed by atoms with Gasteiger partial charge in [0.25, 0.3) is 0 Å². The van der Waals surface area contributed by atoms with Crippen molar-refractivity contribution in [2.45, 2.75) is 52.9 Å². The third kappa shape index (κ3) is 5.36. The van der Waals surface area contributed by atoms with Gasteiger partial charge in [0, 0.05) is 6.07 Å². The molecule has 0 amide bonds. The third-order valence-corrected chi connectivity index (χ3v) is 4.61. The van der Waals surface area contributed by atoms with E-state index in [9.17, 15) is 9.59 Å². The molecule has 1 rings (SSSR count). The molecular formula is C19H27ClO5. The van der Waals surface area contributed by atoms with E-state index in [2.05, 4.69) is 6.92 Å².